The molecule has 0 spiro atoms. The second kappa shape index (κ2) is 9.28. The summed E-state index contributed by atoms with van der Waals surface area (Å²) in [6.07, 6.45) is 0.832. The van der Waals surface area contributed by atoms with Crippen LogP contribution >= 0.6 is 0 Å². The SMILES string of the molecule is CCNC(CCN1CCN(CC)CC1)C(=O)OCC. The lowest BCUT2D eigenvalue weighted by Gasteiger charge is -2.34. The van der Waals surface area contributed by atoms with E-state index in [1.807, 2.05) is 13.8 Å². The molecule has 1 heterocycles. The van der Waals surface area contributed by atoms with Crippen molar-refractivity contribution in [2.24, 2.45) is 0 Å². The minimum Gasteiger partial charge on any atom is -0.465 e. The Morgan fingerprint density at radius 2 is 1.79 bits per heavy atom. The fraction of sp³-hybridized carbons (Fsp3) is 0.929. The Hall–Kier alpha value is -0.650. The van der Waals surface area contributed by atoms with E-state index in [4.69, 9.17) is 4.74 Å². The summed E-state index contributed by atoms with van der Waals surface area (Å²) in [7, 11) is 0. The number of piperazine rings is 1. The molecule has 0 aromatic carbocycles. The van der Waals surface area contributed by atoms with Crippen LogP contribution in [0.1, 0.15) is 27.2 Å². The molecule has 1 N–H and O–H groups in total. The Bertz CT molecular complexity index is 253. The highest BCUT2D eigenvalue weighted by atomic mass is 16.5. The van der Waals surface area contributed by atoms with Crippen molar-refractivity contribution in [3.8, 4) is 0 Å². The van der Waals surface area contributed by atoms with Crippen LogP contribution in [0.5, 0.6) is 0 Å². The van der Waals surface area contributed by atoms with E-state index in [0.29, 0.717) is 6.61 Å². The molecule has 0 aromatic heterocycles. The van der Waals surface area contributed by atoms with Gasteiger partial charge in [0.15, 0.2) is 0 Å². The van der Waals surface area contributed by atoms with Gasteiger partial charge in [-0.05, 0) is 26.4 Å². The molecule has 1 fully saturated rings. The molecule has 0 saturated carbocycles. The average Bonchev–Trinajstić information content (AvgIpc) is 2.44. The zero-order valence-corrected chi connectivity index (χ0v) is 12.7. The number of hydrogen-bond acceptors (Lipinski definition) is 5. The highest BCUT2D eigenvalue weighted by Gasteiger charge is 2.21. The Balaban J connectivity index is 2.29. The minimum atomic E-state index is -0.158. The molecule has 1 unspecified atom stereocenters. The van der Waals surface area contributed by atoms with Crippen molar-refractivity contribution in [2.45, 2.75) is 33.2 Å². The van der Waals surface area contributed by atoms with Crippen LogP contribution in [0.2, 0.25) is 0 Å². The molecule has 1 atom stereocenters. The number of rotatable bonds is 8. The fourth-order valence-electron chi connectivity index (χ4n) is 2.43. The number of nitrogens with zero attached hydrogens (tertiary/aromatic N) is 2. The standard InChI is InChI=1S/C14H29N3O2/c1-4-15-13(14(18)19-6-3)7-8-17-11-9-16(5-2)10-12-17/h13,15H,4-12H2,1-3H3. The first-order chi connectivity index (χ1) is 9.21. The summed E-state index contributed by atoms with van der Waals surface area (Å²) in [4.78, 5) is 16.7. The first kappa shape index (κ1) is 16.4. The Kier molecular flexibility index (Phi) is 8.02. The van der Waals surface area contributed by atoms with E-state index in [9.17, 15) is 4.79 Å². The molecule has 0 radical (unpaired) electrons. The second-order valence-electron chi connectivity index (χ2n) is 4.93. The van der Waals surface area contributed by atoms with E-state index in [-0.39, 0.29) is 12.0 Å². The first-order valence-corrected chi connectivity index (χ1v) is 7.55. The van der Waals surface area contributed by atoms with Crippen LogP contribution in [-0.2, 0) is 9.53 Å². The summed E-state index contributed by atoms with van der Waals surface area (Å²) in [6.45, 7) is 13.9. The monoisotopic (exact) mass is 271 g/mol. The van der Waals surface area contributed by atoms with Crippen LogP contribution in [-0.4, -0.2) is 74.2 Å². The van der Waals surface area contributed by atoms with Crippen molar-refractivity contribution < 1.29 is 9.53 Å². The van der Waals surface area contributed by atoms with Crippen LogP contribution < -0.4 is 5.32 Å². The van der Waals surface area contributed by atoms with Gasteiger partial charge in [-0.1, -0.05) is 13.8 Å². The van der Waals surface area contributed by atoms with Crippen LogP contribution in [0, 0.1) is 0 Å². The lowest BCUT2D eigenvalue weighted by Crippen LogP contribution is -2.48. The van der Waals surface area contributed by atoms with Crippen molar-refractivity contribution in [3.05, 3.63) is 0 Å². The van der Waals surface area contributed by atoms with Crippen molar-refractivity contribution in [1.29, 1.82) is 0 Å². The van der Waals surface area contributed by atoms with E-state index in [2.05, 4.69) is 22.0 Å². The summed E-state index contributed by atoms with van der Waals surface area (Å²) in [5.74, 6) is -0.114. The van der Waals surface area contributed by atoms with Crippen molar-refractivity contribution in [2.75, 3.05) is 52.4 Å². The van der Waals surface area contributed by atoms with Crippen molar-refractivity contribution in [1.82, 2.24) is 15.1 Å². The third-order valence-electron chi connectivity index (χ3n) is 3.67. The van der Waals surface area contributed by atoms with Gasteiger partial charge in [-0.2, -0.15) is 0 Å². The maximum absolute atomic E-state index is 11.8. The fourth-order valence-corrected chi connectivity index (χ4v) is 2.43. The molecule has 0 aromatic rings. The van der Waals surface area contributed by atoms with Gasteiger partial charge in [0.2, 0.25) is 0 Å². The van der Waals surface area contributed by atoms with Crippen molar-refractivity contribution in [3.63, 3.8) is 0 Å². The van der Waals surface area contributed by atoms with E-state index in [1.54, 1.807) is 0 Å². The third kappa shape index (κ3) is 5.89. The van der Waals surface area contributed by atoms with Gasteiger partial charge >= 0.3 is 5.97 Å². The number of carbonyl (C=O) groups excluding carboxylic acids is 1. The van der Waals surface area contributed by atoms with Gasteiger partial charge in [0, 0.05) is 32.7 Å². The van der Waals surface area contributed by atoms with Crippen LogP contribution in [0.25, 0.3) is 0 Å². The number of hydrogen-bond donors (Lipinski definition) is 1. The summed E-state index contributed by atoms with van der Waals surface area (Å²) < 4.78 is 5.10. The average molecular weight is 271 g/mol. The first-order valence-electron chi connectivity index (χ1n) is 7.55. The number of likely N-dealkylation sites (N-methyl/N-ethyl adjacent to an activating group) is 2. The molecule has 19 heavy (non-hydrogen) atoms. The van der Waals surface area contributed by atoms with Crippen LogP contribution in [0.4, 0.5) is 0 Å². The molecule has 1 aliphatic heterocycles. The van der Waals surface area contributed by atoms with Gasteiger partial charge in [0.25, 0.3) is 0 Å². The Morgan fingerprint density at radius 3 is 2.32 bits per heavy atom. The van der Waals surface area contributed by atoms with Gasteiger partial charge in [-0.15, -0.1) is 0 Å². The van der Waals surface area contributed by atoms with E-state index in [1.165, 1.54) is 0 Å². The number of esters is 1. The minimum absolute atomic E-state index is 0.114. The molecular formula is C14H29N3O2. The summed E-state index contributed by atoms with van der Waals surface area (Å²) in [5.41, 5.74) is 0. The largest absolute Gasteiger partial charge is 0.465 e. The van der Waals surface area contributed by atoms with Gasteiger partial charge in [-0.3, -0.25) is 4.79 Å². The molecule has 5 nitrogen and oxygen atoms in total. The molecule has 1 rings (SSSR count). The molecule has 0 bridgehead atoms. The number of carbonyl (C=O) groups is 1. The van der Waals surface area contributed by atoms with Crippen LogP contribution in [0.3, 0.4) is 0 Å². The van der Waals surface area contributed by atoms with E-state index in [0.717, 1.165) is 52.2 Å². The molecule has 5 heteroatoms. The summed E-state index contributed by atoms with van der Waals surface area (Å²) >= 11 is 0. The van der Waals surface area contributed by atoms with Crippen molar-refractivity contribution >= 4 is 5.97 Å². The zero-order valence-electron chi connectivity index (χ0n) is 12.7. The molecular weight excluding hydrogens is 242 g/mol. The highest BCUT2D eigenvalue weighted by molar-refractivity contribution is 5.75. The maximum Gasteiger partial charge on any atom is 0.323 e. The molecule has 112 valence electrons. The lowest BCUT2D eigenvalue weighted by atomic mass is 10.2. The normalized spacial score (nSPS) is 19.3. The lowest BCUT2D eigenvalue weighted by molar-refractivity contribution is -0.145. The molecule has 0 aliphatic carbocycles. The Morgan fingerprint density at radius 1 is 1.16 bits per heavy atom. The molecule has 0 amide bonds. The Labute approximate surface area is 117 Å². The highest BCUT2D eigenvalue weighted by Crippen LogP contribution is 2.04. The van der Waals surface area contributed by atoms with E-state index >= 15 is 0 Å². The quantitative estimate of drug-likeness (QED) is 0.653. The summed E-state index contributed by atoms with van der Waals surface area (Å²) in [6, 6.07) is -0.158. The van der Waals surface area contributed by atoms with Crippen LogP contribution in [0.15, 0.2) is 0 Å². The maximum atomic E-state index is 11.8. The smallest absolute Gasteiger partial charge is 0.323 e. The number of nitrogens with one attached hydrogen (secondary N) is 1. The number of ether oxygens (including phenoxy) is 1. The van der Waals surface area contributed by atoms with E-state index < -0.39 is 0 Å². The van der Waals surface area contributed by atoms with Gasteiger partial charge in [-0.25, -0.2) is 0 Å². The molecule has 1 aliphatic rings. The van der Waals surface area contributed by atoms with Gasteiger partial charge in [0.05, 0.1) is 6.61 Å². The topological polar surface area (TPSA) is 44.8 Å². The second-order valence-corrected chi connectivity index (χ2v) is 4.93. The predicted molar refractivity (Wildman–Crippen MR) is 77.3 cm³/mol. The van der Waals surface area contributed by atoms with Gasteiger partial charge in [0.1, 0.15) is 6.04 Å². The predicted octanol–water partition coefficient (Wildman–Crippen LogP) is 0.555. The van der Waals surface area contributed by atoms with Gasteiger partial charge < -0.3 is 19.9 Å². The zero-order chi connectivity index (χ0) is 14.1. The third-order valence-corrected chi connectivity index (χ3v) is 3.67. The summed E-state index contributed by atoms with van der Waals surface area (Å²) in [5, 5.41) is 3.22. The molecule has 1 saturated heterocycles.